The van der Waals surface area contributed by atoms with E-state index >= 15 is 0 Å². The summed E-state index contributed by atoms with van der Waals surface area (Å²) in [6.07, 6.45) is 0. The van der Waals surface area contributed by atoms with Crippen LogP contribution in [0.2, 0.25) is 0 Å². The van der Waals surface area contributed by atoms with E-state index in [-0.39, 0.29) is 0 Å². The molecule has 3 heteroatoms. The van der Waals surface area contributed by atoms with Crippen molar-refractivity contribution in [2.45, 2.75) is 0 Å². The molecule has 0 saturated heterocycles. The Morgan fingerprint density at radius 3 is 1.83 bits per heavy atom. The van der Waals surface area contributed by atoms with Crippen LogP contribution in [-0.4, -0.2) is 21.2 Å². The normalized spacial score (nSPS) is 9.94. The van der Waals surface area contributed by atoms with Crippen molar-refractivity contribution in [1.29, 1.82) is 0 Å². The Morgan fingerprint density at radius 1 is 0.889 bits per heavy atom. The third kappa shape index (κ3) is 2.56. The second-order valence-corrected chi connectivity index (χ2v) is 4.05. The molecule has 0 aromatic heterocycles. The van der Waals surface area contributed by atoms with E-state index in [9.17, 15) is 0 Å². The van der Waals surface area contributed by atoms with Crippen molar-refractivity contribution < 1.29 is 4.74 Å². The van der Waals surface area contributed by atoms with Gasteiger partial charge in [-0.3, -0.25) is 0 Å². The van der Waals surface area contributed by atoms with Gasteiger partial charge in [-0.25, -0.2) is 0 Å². The van der Waals surface area contributed by atoms with Gasteiger partial charge in [-0.2, -0.15) is 0 Å². The van der Waals surface area contributed by atoms with Crippen molar-refractivity contribution in [2.24, 2.45) is 0 Å². The van der Waals surface area contributed by atoms with Gasteiger partial charge < -0.3 is 15.0 Å². The molecule has 1 N–H and O–H groups in total. The van der Waals surface area contributed by atoms with Gasteiger partial charge in [0, 0.05) is 31.2 Å². The first kappa shape index (κ1) is 12.3. The SMILES string of the molecule is CNc1ccc(N(C)c2ccc(OC)cc2)cc1. The Hall–Kier alpha value is -2.16. The molecule has 2 aromatic rings. The summed E-state index contributed by atoms with van der Waals surface area (Å²) in [5.74, 6) is 0.873. The molecule has 94 valence electrons. The summed E-state index contributed by atoms with van der Waals surface area (Å²) in [5.41, 5.74) is 3.40. The highest BCUT2D eigenvalue weighted by Crippen LogP contribution is 2.26. The number of hydrogen-bond acceptors (Lipinski definition) is 3. The minimum absolute atomic E-state index is 0.873. The van der Waals surface area contributed by atoms with Crippen LogP contribution in [0.3, 0.4) is 0 Å². The smallest absolute Gasteiger partial charge is 0.119 e. The number of methoxy groups -OCH3 is 1. The Kier molecular flexibility index (Phi) is 3.72. The molecule has 0 bridgehead atoms. The minimum Gasteiger partial charge on any atom is -0.497 e. The quantitative estimate of drug-likeness (QED) is 0.888. The lowest BCUT2D eigenvalue weighted by Gasteiger charge is -2.20. The summed E-state index contributed by atoms with van der Waals surface area (Å²) in [7, 11) is 5.65. The fourth-order valence-electron chi connectivity index (χ4n) is 1.81. The van der Waals surface area contributed by atoms with Gasteiger partial charge in [0.2, 0.25) is 0 Å². The molecule has 3 nitrogen and oxygen atoms in total. The number of anilines is 3. The van der Waals surface area contributed by atoms with Gasteiger partial charge in [0.15, 0.2) is 0 Å². The van der Waals surface area contributed by atoms with Crippen molar-refractivity contribution >= 4 is 17.1 Å². The van der Waals surface area contributed by atoms with Gasteiger partial charge in [0.25, 0.3) is 0 Å². The molecular formula is C15H18N2O. The number of nitrogens with one attached hydrogen (secondary N) is 1. The molecule has 0 amide bonds. The van der Waals surface area contributed by atoms with Gasteiger partial charge in [-0.1, -0.05) is 0 Å². The van der Waals surface area contributed by atoms with Crippen LogP contribution >= 0.6 is 0 Å². The molecule has 0 unspecified atom stereocenters. The van der Waals surface area contributed by atoms with Crippen LogP contribution in [0.4, 0.5) is 17.1 Å². The van der Waals surface area contributed by atoms with Crippen LogP contribution in [0.1, 0.15) is 0 Å². The molecule has 0 aliphatic carbocycles. The highest BCUT2D eigenvalue weighted by molar-refractivity contribution is 5.65. The second-order valence-electron chi connectivity index (χ2n) is 4.05. The standard InChI is InChI=1S/C15H18N2O/c1-16-12-4-6-13(7-5-12)17(2)14-8-10-15(18-3)11-9-14/h4-11,16H,1-3H3. The minimum atomic E-state index is 0.873. The van der Waals surface area contributed by atoms with Gasteiger partial charge in [0.05, 0.1) is 7.11 Å². The fraction of sp³-hybridized carbons (Fsp3) is 0.200. The molecular weight excluding hydrogens is 224 g/mol. The van der Waals surface area contributed by atoms with Crippen LogP contribution < -0.4 is 15.0 Å². The molecule has 0 aliphatic rings. The predicted molar refractivity (Wildman–Crippen MR) is 77.0 cm³/mol. The molecule has 0 saturated carbocycles. The second kappa shape index (κ2) is 5.45. The summed E-state index contributed by atoms with van der Waals surface area (Å²) < 4.78 is 5.16. The van der Waals surface area contributed by atoms with Crippen molar-refractivity contribution in [3.8, 4) is 5.75 Å². The molecule has 2 rings (SSSR count). The molecule has 0 fully saturated rings. The first-order valence-corrected chi connectivity index (χ1v) is 5.90. The van der Waals surface area contributed by atoms with E-state index in [1.807, 2.05) is 31.3 Å². The summed E-state index contributed by atoms with van der Waals surface area (Å²) in [4.78, 5) is 2.14. The molecule has 0 radical (unpaired) electrons. The first-order chi connectivity index (χ1) is 8.74. The number of rotatable bonds is 4. The third-order valence-electron chi connectivity index (χ3n) is 3.00. The lowest BCUT2D eigenvalue weighted by molar-refractivity contribution is 0.415. The first-order valence-electron chi connectivity index (χ1n) is 5.90. The van der Waals surface area contributed by atoms with E-state index in [0.29, 0.717) is 0 Å². The Bertz CT molecular complexity index is 443. The lowest BCUT2D eigenvalue weighted by atomic mass is 10.2. The zero-order valence-electron chi connectivity index (χ0n) is 11.0. The van der Waals surface area contributed by atoms with E-state index in [0.717, 1.165) is 22.8 Å². The van der Waals surface area contributed by atoms with Gasteiger partial charge >= 0.3 is 0 Å². The highest BCUT2D eigenvalue weighted by atomic mass is 16.5. The maximum atomic E-state index is 5.16. The Balaban J connectivity index is 2.20. The van der Waals surface area contributed by atoms with Crippen molar-refractivity contribution in [1.82, 2.24) is 0 Å². The van der Waals surface area contributed by atoms with Crippen LogP contribution in [0, 0.1) is 0 Å². The molecule has 0 spiro atoms. The predicted octanol–water partition coefficient (Wildman–Crippen LogP) is 3.50. The number of benzene rings is 2. The maximum absolute atomic E-state index is 5.16. The molecule has 0 aliphatic heterocycles. The molecule has 0 heterocycles. The fourth-order valence-corrected chi connectivity index (χ4v) is 1.81. The van der Waals surface area contributed by atoms with Crippen LogP contribution in [0.15, 0.2) is 48.5 Å². The van der Waals surface area contributed by atoms with E-state index in [4.69, 9.17) is 4.74 Å². The molecule has 18 heavy (non-hydrogen) atoms. The van der Waals surface area contributed by atoms with Gasteiger partial charge in [0.1, 0.15) is 5.75 Å². The third-order valence-corrected chi connectivity index (χ3v) is 3.00. The van der Waals surface area contributed by atoms with Crippen LogP contribution in [0.5, 0.6) is 5.75 Å². The summed E-state index contributed by atoms with van der Waals surface area (Å²) >= 11 is 0. The Morgan fingerprint density at radius 2 is 1.39 bits per heavy atom. The zero-order valence-corrected chi connectivity index (χ0v) is 11.0. The number of hydrogen-bond donors (Lipinski definition) is 1. The van der Waals surface area contributed by atoms with E-state index < -0.39 is 0 Å². The van der Waals surface area contributed by atoms with Gasteiger partial charge in [-0.05, 0) is 48.5 Å². The maximum Gasteiger partial charge on any atom is 0.119 e. The van der Waals surface area contributed by atoms with Crippen molar-refractivity contribution in [3.63, 3.8) is 0 Å². The lowest BCUT2D eigenvalue weighted by Crippen LogP contribution is -2.09. The van der Waals surface area contributed by atoms with E-state index in [2.05, 4.69) is 41.5 Å². The topological polar surface area (TPSA) is 24.5 Å². The van der Waals surface area contributed by atoms with Crippen LogP contribution in [0.25, 0.3) is 0 Å². The van der Waals surface area contributed by atoms with Gasteiger partial charge in [-0.15, -0.1) is 0 Å². The molecule has 2 aromatic carbocycles. The zero-order chi connectivity index (χ0) is 13.0. The van der Waals surface area contributed by atoms with Crippen molar-refractivity contribution in [3.05, 3.63) is 48.5 Å². The van der Waals surface area contributed by atoms with E-state index in [1.54, 1.807) is 7.11 Å². The largest absolute Gasteiger partial charge is 0.497 e. The number of ether oxygens (including phenoxy) is 1. The summed E-state index contributed by atoms with van der Waals surface area (Å²) in [6.45, 7) is 0. The van der Waals surface area contributed by atoms with E-state index in [1.165, 1.54) is 0 Å². The van der Waals surface area contributed by atoms with Crippen LogP contribution in [-0.2, 0) is 0 Å². The summed E-state index contributed by atoms with van der Waals surface area (Å²) in [6, 6.07) is 16.3. The monoisotopic (exact) mass is 242 g/mol. The number of nitrogens with zero attached hydrogens (tertiary/aromatic N) is 1. The summed E-state index contributed by atoms with van der Waals surface area (Å²) in [5, 5.41) is 3.11. The highest BCUT2D eigenvalue weighted by Gasteiger charge is 2.03. The molecule has 0 atom stereocenters. The Labute approximate surface area is 108 Å². The average Bonchev–Trinajstić information content (AvgIpc) is 2.47. The van der Waals surface area contributed by atoms with Crippen molar-refractivity contribution in [2.75, 3.05) is 31.4 Å². The average molecular weight is 242 g/mol.